The van der Waals surface area contributed by atoms with Gasteiger partial charge in [0.25, 0.3) is 5.91 Å². The molecule has 170 valence electrons. The number of carbonyl (C=O) groups is 4. The molecule has 1 saturated heterocycles. The van der Waals surface area contributed by atoms with Crippen LogP contribution in [0.4, 0.5) is 15.6 Å². The van der Waals surface area contributed by atoms with Gasteiger partial charge in [-0.3, -0.25) is 24.2 Å². The third-order valence-corrected chi connectivity index (χ3v) is 6.46. The van der Waals surface area contributed by atoms with E-state index in [9.17, 15) is 19.2 Å². The molecular weight excluding hydrogens is 432 g/mol. The number of rotatable bonds is 7. The van der Waals surface area contributed by atoms with Crippen molar-refractivity contribution in [3.05, 3.63) is 40.4 Å². The Balaban J connectivity index is 1.67. The Kier molecular flexibility index (Phi) is 6.63. The molecule has 0 aliphatic carbocycles. The lowest BCUT2D eigenvalue weighted by Crippen LogP contribution is -2.43. The Morgan fingerprint density at radius 2 is 2.00 bits per heavy atom. The van der Waals surface area contributed by atoms with E-state index in [4.69, 9.17) is 4.74 Å². The van der Waals surface area contributed by atoms with Gasteiger partial charge in [-0.15, -0.1) is 11.3 Å². The van der Waals surface area contributed by atoms with Crippen LogP contribution in [0.3, 0.4) is 0 Å². The number of hydrogen-bond acceptors (Lipinski definition) is 7. The standard InChI is InChI=1S/C22H26N4O5S/c1-6-22(5)19(29)25(20(30)24-22)10-18(28)31-11-16-12-32-21(23-16)26(15(4)27)17-9-7-8-13(2)14(17)3/h7-9,12H,6,10-11H2,1-5H3,(H,24,30). The average molecular weight is 459 g/mol. The maximum absolute atomic E-state index is 12.4. The summed E-state index contributed by atoms with van der Waals surface area (Å²) < 4.78 is 5.22. The van der Waals surface area contributed by atoms with Gasteiger partial charge >= 0.3 is 12.0 Å². The van der Waals surface area contributed by atoms with Crippen LogP contribution in [0.15, 0.2) is 23.6 Å². The fourth-order valence-corrected chi connectivity index (χ4v) is 4.17. The Morgan fingerprint density at radius 1 is 1.28 bits per heavy atom. The van der Waals surface area contributed by atoms with Gasteiger partial charge in [0.15, 0.2) is 5.13 Å². The van der Waals surface area contributed by atoms with E-state index in [1.165, 1.54) is 23.2 Å². The molecule has 1 N–H and O–H groups in total. The van der Waals surface area contributed by atoms with Crippen LogP contribution in [-0.2, 0) is 25.7 Å². The molecule has 3 rings (SSSR count). The molecular formula is C22H26N4O5S. The van der Waals surface area contributed by atoms with Crippen LogP contribution in [0.2, 0.25) is 0 Å². The molecule has 10 heteroatoms. The Labute approximate surface area is 190 Å². The normalized spacial score (nSPS) is 18.0. The largest absolute Gasteiger partial charge is 0.458 e. The third-order valence-electron chi connectivity index (χ3n) is 5.58. The van der Waals surface area contributed by atoms with Gasteiger partial charge in [0.1, 0.15) is 18.7 Å². The number of urea groups is 1. The molecule has 1 aromatic heterocycles. The van der Waals surface area contributed by atoms with E-state index in [1.807, 2.05) is 32.0 Å². The fraction of sp³-hybridized carbons (Fsp3) is 0.409. The highest BCUT2D eigenvalue weighted by atomic mass is 32.1. The number of ether oxygens (including phenoxy) is 1. The molecule has 0 saturated carbocycles. The zero-order valence-electron chi connectivity index (χ0n) is 18.7. The minimum atomic E-state index is -1.01. The molecule has 1 fully saturated rings. The molecule has 1 unspecified atom stereocenters. The summed E-state index contributed by atoms with van der Waals surface area (Å²) >= 11 is 1.26. The SMILES string of the molecule is CCC1(C)NC(=O)N(CC(=O)OCc2csc(N(C(C)=O)c3cccc(C)c3C)n2)C1=O. The number of hydrogen-bond donors (Lipinski definition) is 1. The minimum absolute atomic E-state index is 0.136. The van der Waals surface area contributed by atoms with Crippen LogP contribution in [0, 0.1) is 13.8 Å². The topological polar surface area (TPSA) is 109 Å². The molecule has 1 atom stereocenters. The van der Waals surface area contributed by atoms with Gasteiger partial charge in [-0.05, 0) is 44.4 Å². The number of carbonyl (C=O) groups excluding carboxylic acids is 4. The highest BCUT2D eigenvalue weighted by molar-refractivity contribution is 7.14. The van der Waals surface area contributed by atoms with Crippen molar-refractivity contribution in [2.45, 2.75) is 53.2 Å². The second kappa shape index (κ2) is 9.07. The van der Waals surface area contributed by atoms with Crippen LogP contribution in [0.5, 0.6) is 0 Å². The predicted molar refractivity (Wildman–Crippen MR) is 120 cm³/mol. The van der Waals surface area contributed by atoms with Crippen molar-refractivity contribution in [1.82, 2.24) is 15.2 Å². The molecule has 4 amide bonds. The average Bonchev–Trinajstić information content (AvgIpc) is 3.28. The number of imide groups is 1. The number of aromatic nitrogens is 1. The molecule has 0 radical (unpaired) electrons. The van der Waals surface area contributed by atoms with E-state index in [0.717, 1.165) is 21.7 Å². The van der Waals surface area contributed by atoms with E-state index in [1.54, 1.807) is 19.2 Å². The number of anilines is 2. The van der Waals surface area contributed by atoms with Crippen molar-refractivity contribution < 1.29 is 23.9 Å². The smallest absolute Gasteiger partial charge is 0.326 e. The van der Waals surface area contributed by atoms with Crippen molar-refractivity contribution >= 4 is 46.0 Å². The van der Waals surface area contributed by atoms with Gasteiger partial charge in [-0.2, -0.15) is 0 Å². The summed E-state index contributed by atoms with van der Waals surface area (Å²) in [6.45, 7) is 8.16. The van der Waals surface area contributed by atoms with Crippen LogP contribution in [0.1, 0.15) is 44.0 Å². The molecule has 2 aromatic rings. The lowest BCUT2D eigenvalue weighted by atomic mass is 9.99. The van der Waals surface area contributed by atoms with Crippen LogP contribution < -0.4 is 10.2 Å². The molecule has 0 bridgehead atoms. The van der Waals surface area contributed by atoms with Crippen molar-refractivity contribution in [3.63, 3.8) is 0 Å². The highest BCUT2D eigenvalue weighted by Crippen LogP contribution is 2.32. The zero-order valence-corrected chi connectivity index (χ0v) is 19.5. The summed E-state index contributed by atoms with van der Waals surface area (Å²) in [6.07, 6.45) is 0.414. The lowest BCUT2D eigenvalue weighted by molar-refractivity contribution is -0.148. The first-order chi connectivity index (χ1) is 15.1. The fourth-order valence-electron chi connectivity index (χ4n) is 3.31. The monoisotopic (exact) mass is 458 g/mol. The van der Waals surface area contributed by atoms with Gasteiger partial charge in [0.2, 0.25) is 5.91 Å². The van der Waals surface area contributed by atoms with Gasteiger partial charge in [-0.25, -0.2) is 9.78 Å². The minimum Gasteiger partial charge on any atom is -0.458 e. The van der Waals surface area contributed by atoms with Gasteiger partial charge in [0.05, 0.1) is 11.4 Å². The first-order valence-corrected chi connectivity index (χ1v) is 11.1. The quantitative estimate of drug-likeness (QED) is 0.504. The van der Waals surface area contributed by atoms with Crippen LogP contribution in [0.25, 0.3) is 0 Å². The number of aryl methyl sites for hydroxylation is 1. The van der Waals surface area contributed by atoms with Crippen molar-refractivity contribution in [1.29, 1.82) is 0 Å². The molecule has 1 aliphatic rings. The number of esters is 1. The Hall–Kier alpha value is -3.27. The van der Waals surface area contributed by atoms with Crippen LogP contribution in [-0.4, -0.2) is 45.8 Å². The molecule has 2 heterocycles. The number of nitrogens with one attached hydrogen (secondary N) is 1. The van der Waals surface area contributed by atoms with Crippen molar-refractivity contribution in [2.75, 3.05) is 11.4 Å². The van der Waals surface area contributed by atoms with Crippen LogP contribution >= 0.6 is 11.3 Å². The molecule has 1 aromatic carbocycles. The maximum Gasteiger partial charge on any atom is 0.326 e. The summed E-state index contributed by atoms with van der Waals surface area (Å²) in [7, 11) is 0. The van der Waals surface area contributed by atoms with Crippen molar-refractivity contribution in [3.8, 4) is 0 Å². The second-order valence-corrected chi connectivity index (χ2v) is 8.70. The van der Waals surface area contributed by atoms with E-state index in [2.05, 4.69) is 10.3 Å². The molecule has 1 aliphatic heterocycles. The molecule has 32 heavy (non-hydrogen) atoms. The first-order valence-electron chi connectivity index (χ1n) is 10.2. The Morgan fingerprint density at radius 3 is 2.62 bits per heavy atom. The predicted octanol–water partition coefficient (Wildman–Crippen LogP) is 3.21. The lowest BCUT2D eigenvalue weighted by Gasteiger charge is -2.21. The van der Waals surface area contributed by atoms with E-state index >= 15 is 0 Å². The van der Waals surface area contributed by atoms with E-state index in [0.29, 0.717) is 17.2 Å². The number of benzene rings is 1. The van der Waals surface area contributed by atoms with Gasteiger partial charge in [0, 0.05) is 12.3 Å². The van der Waals surface area contributed by atoms with E-state index < -0.39 is 30.0 Å². The molecule has 0 spiro atoms. The Bertz CT molecular complexity index is 1080. The number of amides is 4. The summed E-state index contributed by atoms with van der Waals surface area (Å²) in [5.41, 5.74) is 2.22. The summed E-state index contributed by atoms with van der Waals surface area (Å²) in [4.78, 5) is 55.8. The van der Waals surface area contributed by atoms with Gasteiger partial charge in [-0.1, -0.05) is 19.1 Å². The second-order valence-electron chi connectivity index (χ2n) is 7.86. The first kappa shape index (κ1) is 23.4. The van der Waals surface area contributed by atoms with Gasteiger partial charge < -0.3 is 10.1 Å². The van der Waals surface area contributed by atoms with E-state index in [-0.39, 0.29) is 12.5 Å². The highest BCUT2D eigenvalue weighted by Gasteiger charge is 2.47. The molecule has 9 nitrogen and oxygen atoms in total. The number of nitrogens with zero attached hydrogens (tertiary/aromatic N) is 3. The zero-order chi connectivity index (χ0) is 23.6. The summed E-state index contributed by atoms with van der Waals surface area (Å²) in [6, 6.07) is 5.09. The summed E-state index contributed by atoms with van der Waals surface area (Å²) in [5, 5.41) is 4.75. The summed E-state index contributed by atoms with van der Waals surface area (Å²) in [5.74, 6) is -1.36. The van der Waals surface area contributed by atoms with Crippen molar-refractivity contribution in [2.24, 2.45) is 0 Å². The maximum atomic E-state index is 12.4. The number of thiazole rings is 1. The third kappa shape index (κ3) is 4.50.